The van der Waals surface area contributed by atoms with Gasteiger partial charge in [0.15, 0.2) is 0 Å². The number of rotatable bonds is 7. The summed E-state index contributed by atoms with van der Waals surface area (Å²) in [5, 5.41) is 11.2. The number of aromatic nitrogens is 4. The summed E-state index contributed by atoms with van der Waals surface area (Å²) >= 11 is 6.25. The molecule has 4 heterocycles. The van der Waals surface area contributed by atoms with E-state index in [1.807, 2.05) is 43.5 Å². The van der Waals surface area contributed by atoms with Gasteiger partial charge in [0.2, 0.25) is 0 Å². The Morgan fingerprint density at radius 3 is 2.54 bits per heavy atom. The minimum absolute atomic E-state index is 0.0544. The summed E-state index contributed by atoms with van der Waals surface area (Å²) in [6, 6.07) is 8.62. The van der Waals surface area contributed by atoms with E-state index in [1.54, 1.807) is 33.7 Å². The number of carboxylic acid groups (broad SMARTS) is 1. The Hall–Kier alpha value is -3.31. The number of benzene rings is 1. The highest BCUT2D eigenvalue weighted by Crippen LogP contribution is 2.41. The number of carbonyl (C=O) groups is 1. The fourth-order valence-electron chi connectivity index (χ4n) is 5.89. The molecule has 1 saturated heterocycles. The largest absolute Gasteiger partial charge is 0.465 e. The molecule has 208 valence electrons. The van der Waals surface area contributed by atoms with E-state index in [2.05, 4.69) is 4.98 Å². The summed E-state index contributed by atoms with van der Waals surface area (Å²) in [6.07, 6.45) is 3.94. The number of amides is 1. The van der Waals surface area contributed by atoms with Crippen molar-refractivity contribution >= 4 is 49.5 Å². The van der Waals surface area contributed by atoms with E-state index in [0.717, 1.165) is 16.6 Å². The molecule has 1 N–H and O–H groups in total. The number of pyridine rings is 1. The number of fused-ring (bicyclic) bond motifs is 2. The highest BCUT2D eigenvalue weighted by molar-refractivity contribution is 7.90. The van der Waals surface area contributed by atoms with Crippen LogP contribution >= 0.6 is 11.6 Å². The average Bonchev–Trinajstić information content (AvgIpc) is 3.26. The van der Waals surface area contributed by atoms with Crippen LogP contribution in [0.4, 0.5) is 4.79 Å². The zero-order chi connectivity index (χ0) is 28.3. The smallest absolute Gasteiger partial charge is 0.407 e. The molecule has 1 amide bonds. The molecular formula is C27H32ClN5O5S. The maximum Gasteiger partial charge on any atom is 0.407 e. The second-order valence-electron chi connectivity index (χ2n) is 11.4. The van der Waals surface area contributed by atoms with Gasteiger partial charge in [-0.25, -0.2) is 18.0 Å². The topological polar surface area (TPSA) is 119 Å². The standard InChI is InChI=1S/C27H32ClN5O5S/c1-27(2,3)24-23(16-32(24)26(35)36)33-21-8-9-29-14-22(21)31(25(33)34)15-19-13-17-12-18(28)6-7-20(17)30(19)10-5-11-39(4,37)38/h6-9,12-14,23-24H,5,10-11,15-16H2,1-4H3,(H,35,36). The van der Waals surface area contributed by atoms with E-state index in [-0.39, 0.29) is 42.0 Å². The number of hydrogen-bond donors (Lipinski definition) is 1. The third-order valence-corrected chi connectivity index (χ3v) is 8.75. The van der Waals surface area contributed by atoms with Gasteiger partial charge in [-0.1, -0.05) is 32.4 Å². The van der Waals surface area contributed by atoms with Crippen LogP contribution in [0.15, 0.2) is 47.5 Å². The third kappa shape index (κ3) is 5.05. The lowest BCUT2D eigenvalue weighted by Crippen LogP contribution is -2.64. The lowest BCUT2D eigenvalue weighted by Gasteiger charge is -2.52. The van der Waals surface area contributed by atoms with Crippen LogP contribution in [0, 0.1) is 5.41 Å². The van der Waals surface area contributed by atoms with Gasteiger partial charge in [0.05, 0.1) is 41.6 Å². The Morgan fingerprint density at radius 2 is 1.87 bits per heavy atom. The molecule has 0 spiro atoms. The van der Waals surface area contributed by atoms with Crippen molar-refractivity contribution in [3.05, 3.63) is 63.9 Å². The van der Waals surface area contributed by atoms with Crippen LogP contribution in [0.3, 0.4) is 0 Å². The summed E-state index contributed by atoms with van der Waals surface area (Å²) in [4.78, 5) is 31.6. The van der Waals surface area contributed by atoms with Crippen LogP contribution in [-0.4, -0.2) is 67.8 Å². The minimum Gasteiger partial charge on any atom is -0.465 e. The average molecular weight is 574 g/mol. The number of imidazole rings is 1. The number of likely N-dealkylation sites (tertiary alicyclic amines) is 1. The highest BCUT2D eigenvalue weighted by atomic mass is 35.5. The van der Waals surface area contributed by atoms with E-state index in [4.69, 9.17) is 11.6 Å². The van der Waals surface area contributed by atoms with Crippen molar-refractivity contribution < 1.29 is 18.3 Å². The van der Waals surface area contributed by atoms with Crippen molar-refractivity contribution in [3.8, 4) is 0 Å². The normalized spacial score (nSPS) is 18.1. The van der Waals surface area contributed by atoms with Gasteiger partial charge in [-0.05, 0) is 42.2 Å². The van der Waals surface area contributed by atoms with E-state index in [9.17, 15) is 23.1 Å². The molecule has 3 aromatic heterocycles. The molecule has 4 aromatic rings. The van der Waals surface area contributed by atoms with Crippen LogP contribution in [0.25, 0.3) is 21.9 Å². The maximum atomic E-state index is 14.0. The summed E-state index contributed by atoms with van der Waals surface area (Å²) in [5.41, 5.74) is 2.46. The van der Waals surface area contributed by atoms with Crippen molar-refractivity contribution in [3.63, 3.8) is 0 Å². The van der Waals surface area contributed by atoms with E-state index < -0.39 is 15.9 Å². The lowest BCUT2D eigenvalue weighted by molar-refractivity contribution is -0.0273. The lowest BCUT2D eigenvalue weighted by atomic mass is 9.76. The van der Waals surface area contributed by atoms with Crippen molar-refractivity contribution in [1.82, 2.24) is 23.6 Å². The Kier molecular flexibility index (Phi) is 6.79. The van der Waals surface area contributed by atoms with Crippen molar-refractivity contribution in [2.75, 3.05) is 18.6 Å². The van der Waals surface area contributed by atoms with Crippen LogP contribution in [-0.2, 0) is 22.9 Å². The molecule has 5 rings (SSSR count). The van der Waals surface area contributed by atoms with Gasteiger partial charge < -0.3 is 14.6 Å². The van der Waals surface area contributed by atoms with Crippen molar-refractivity contribution in [2.45, 2.75) is 52.4 Å². The van der Waals surface area contributed by atoms with Crippen LogP contribution in [0.1, 0.15) is 38.9 Å². The molecule has 1 aromatic carbocycles. The second kappa shape index (κ2) is 9.71. The van der Waals surface area contributed by atoms with Gasteiger partial charge in [-0.15, -0.1) is 0 Å². The Bertz CT molecular complexity index is 1750. The number of aryl methyl sites for hydroxylation is 1. The number of nitrogens with zero attached hydrogens (tertiary/aromatic N) is 5. The van der Waals surface area contributed by atoms with Crippen LogP contribution < -0.4 is 5.69 Å². The van der Waals surface area contributed by atoms with Crippen LogP contribution in [0.5, 0.6) is 0 Å². The van der Waals surface area contributed by atoms with Crippen molar-refractivity contribution in [2.24, 2.45) is 5.41 Å². The number of halogens is 1. The summed E-state index contributed by atoms with van der Waals surface area (Å²) < 4.78 is 29.0. The zero-order valence-corrected chi connectivity index (χ0v) is 23.9. The molecule has 1 aliphatic heterocycles. The Balaban J connectivity index is 1.60. The monoisotopic (exact) mass is 573 g/mol. The predicted molar refractivity (Wildman–Crippen MR) is 151 cm³/mol. The molecule has 10 nitrogen and oxygen atoms in total. The molecule has 2 atom stereocenters. The summed E-state index contributed by atoms with van der Waals surface area (Å²) in [5.74, 6) is 0.0544. The van der Waals surface area contributed by atoms with Gasteiger partial charge in [0.1, 0.15) is 9.84 Å². The molecular weight excluding hydrogens is 542 g/mol. The first-order chi connectivity index (χ1) is 18.3. The van der Waals surface area contributed by atoms with Gasteiger partial charge in [0.25, 0.3) is 0 Å². The predicted octanol–water partition coefficient (Wildman–Crippen LogP) is 4.24. The molecule has 1 aliphatic rings. The Labute approximate surface area is 231 Å². The Morgan fingerprint density at radius 1 is 1.13 bits per heavy atom. The quantitative estimate of drug-likeness (QED) is 0.353. The van der Waals surface area contributed by atoms with E-state index in [1.165, 1.54) is 11.2 Å². The SMILES string of the molecule is CC(C)(C)C1C(n2c(=O)n(Cc3cc4cc(Cl)ccc4n3CCCS(C)(=O)=O)c3cnccc32)CN1C(=O)O. The van der Waals surface area contributed by atoms with Crippen LogP contribution in [0.2, 0.25) is 5.02 Å². The summed E-state index contributed by atoms with van der Waals surface area (Å²) in [7, 11) is -3.12. The van der Waals surface area contributed by atoms with Crippen molar-refractivity contribution in [1.29, 1.82) is 0 Å². The molecule has 0 bridgehead atoms. The molecule has 1 fully saturated rings. The van der Waals surface area contributed by atoms with Gasteiger partial charge in [0, 0.05) is 47.2 Å². The van der Waals surface area contributed by atoms with E-state index >= 15 is 0 Å². The minimum atomic E-state index is -3.12. The fourth-order valence-corrected chi connectivity index (χ4v) is 6.72. The molecule has 0 saturated carbocycles. The zero-order valence-electron chi connectivity index (χ0n) is 22.3. The molecule has 39 heavy (non-hydrogen) atoms. The molecule has 12 heteroatoms. The molecule has 0 radical (unpaired) electrons. The van der Waals surface area contributed by atoms with Gasteiger partial charge in [-0.3, -0.25) is 14.1 Å². The van der Waals surface area contributed by atoms with Gasteiger partial charge >= 0.3 is 11.8 Å². The first-order valence-electron chi connectivity index (χ1n) is 12.8. The van der Waals surface area contributed by atoms with Gasteiger partial charge in [-0.2, -0.15) is 0 Å². The second-order valence-corrected chi connectivity index (χ2v) is 14.1. The first-order valence-corrected chi connectivity index (χ1v) is 15.2. The number of sulfone groups is 1. The maximum absolute atomic E-state index is 14.0. The van der Waals surface area contributed by atoms with E-state index in [0.29, 0.717) is 29.0 Å². The number of hydrogen-bond acceptors (Lipinski definition) is 5. The molecule has 0 aliphatic carbocycles. The fraction of sp³-hybridized carbons (Fsp3) is 0.444. The highest BCUT2D eigenvalue weighted by Gasteiger charge is 2.50. The summed E-state index contributed by atoms with van der Waals surface area (Å²) in [6.45, 7) is 6.85. The first kappa shape index (κ1) is 27.3. The molecule has 2 unspecified atom stereocenters. The third-order valence-electron chi connectivity index (χ3n) is 7.48.